The van der Waals surface area contributed by atoms with Gasteiger partial charge in [0.25, 0.3) is 6.33 Å². The van der Waals surface area contributed by atoms with Crippen LogP contribution in [0.2, 0.25) is 0 Å². The fourth-order valence-corrected chi connectivity index (χ4v) is 9.56. The number of ether oxygens (including phenoxy) is 1. The predicted molar refractivity (Wildman–Crippen MR) is 278 cm³/mol. The molecule has 0 unspecified atom stereocenters. The molecule has 0 saturated heterocycles. The highest BCUT2D eigenvalue weighted by molar-refractivity contribution is 6.11. The highest BCUT2D eigenvalue weighted by atomic mass is 16.5. The Morgan fingerprint density at radius 2 is 1.10 bits per heavy atom. The minimum atomic E-state index is -0.353. The SMILES string of the molecule is CC(C)(C)c1ccnc(-n2c3ccccc3c3c(C(C)(C)C)cc(Oc4cc(-n5[c-][n+](-c6cccc(C(C)(C)c7ccccc7)c6)cc5C(C)(C)C)cc(C(C)(C)c5ccccc5)c4)cc32)c1. The maximum Gasteiger partial charge on any atom is 0.269 e. The van der Waals surface area contributed by atoms with Gasteiger partial charge in [-0.25, -0.2) is 4.98 Å². The Morgan fingerprint density at radius 3 is 1.75 bits per heavy atom. The predicted octanol–water partition coefficient (Wildman–Crippen LogP) is 15.4. The lowest BCUT2D eigenvalue weighted by atomic mass is 9.78. The summed E-state index contributed by atoms with van der Waals surface area (Å²) in [6, 6.07) is 54.7. The van der Waals surface area contributed by atoms with Crippen LogP contribution in [0, 0.1) is 6.33 Å². The van der Waals surface area contributed by atoms with Crippen molar-refractivity contribution < 1.29 is 9.30 Å². The van der Waals surface area contributed by atoms with Crippen molar-refractivity contribution in [1.82, 2.24) is 14.1 Å². The van der Waals surface area contributed by atoms with Gasteiger partial charge in [0, 0.05) is 40.1 Å². The van der Waals surface area contributed by atoms with E-state index in [0.717, 1.165) is 51.0 Å². The van der Waals surface area contributed by atoms with Gasteiger partial charge in [-0.15, -0.1) is 0 Å². The first-order valence-corrected chi connectivity index (χ1v) is 23.8. The molecule has 0 spiro atoms. The lowest BCUT2D eigenvalue weighted by Crippen LogP contribution is -2.29. The van der Waals surface area contributed by atoms with Crippen LogP contribution in [0.5, 0.6) is 11.5 Å². The van der Waals surface area contributed by atoms with Crippen molar-refractivity contribution in [2.45, 2.75) is 117 Å². The summed E-state index contributed by atoms with van der Waals surface area (Å²) >= 11 is 0. The van der Waals surface area contributed by atoms with E-state index >= 15 is 0 Å². The van der Waals surface area contributed by atoms with Gasteiger partial charge in [-0.05, 0) is 104 Å². The van der Waals surface area contributed by atoms with E-state index in [0.29, 0.717) is 0 Å². The van der Waals surface area contributed by atoms with Gasteiger partial charge in [0.2, 0.25) is 0 Å². The highest BCUT2D eigenvalue weighted by Gasteiger charge is 2.30. The fourth-order valence-electron chi connectivity index (χ4n) is 9.56. The summed E-state index contributed by atoms with van der Waals surface area (Å²) in [7, 11) is 0. The second-order valence-electron chi connectivity index (χ2n) is 22.5. The van der Waals surface area contributed by atoms with Crippen LogP contribution >= 0.6 is 0 Å². The third kappa shape index (κ3) is 8.61. The van der Waals surface area contributed by atoms with E-state index in [9.17, 15) is 0 Å². The molecule has 340 valence electrons. The molecule has 6 aromatic carbocycles. The number of hydrogen-bond donors (Lipinski definition) is 0. The van der Waals surface area contributed by atoms with Crippen LogP contribution in [0.25, 0.3) is 39.0 Å². The zero-order chi connectivity index (χ0) is 47.7. The third-order valence-corrected chi connectivity index (χ3v) is 13.8. The molecule has 9 aromatic rings. The molecule has 67 heavy (non-hydrogen) atoms. The van der Waals surface area contributed by atoms with Crippen molar-refractivity contribution in [2.75, 3.05) is 0 Å². The van der Waals surface area contributed by atoms with E-state index in [1.165, 1.54) is 38.6 Å². The molecular weight excluding hydrogens is 817 g/mol. The summed E-state index contributed by atoms with van der Waals surface area (Å²) in [6.45, 7) is 29.7. The molecule has 0 saturated carbocycles. The second kappa shape index (κ2) is 16.6. The summed E-state index contributed by atoms with van der Waals surface area (Å²) < 4.78 is 14.0. The Hall–Kier alpha value is -6.72. The summed E-state index contributed by atoms with van der Waals surface area (Å²) in [6.07, 6.45) is 8.01. The van der Waals surface area contributed by atoms with Crippen LogP contribution in [0.3, 0.4) is 0 Å². The van der Waals surface area contributed by atoms with E-state index in [2.05, 4.69) is 268 Å². The van der Waals surface area contributed by atoms with Crippen molar-refractivity contribution in [3.63, 3.8) is 0 Å². The number of pyridine rings is 1. The first-order valence-electron chi connectivity index (χ1n) is 23.8. The summed E-state index contributed by atoms with van der Waals surface area (Å²) in [4.78, 5) is 5.01. The molecule has 0 bridgehead atoms. The largest absolute Gasteiger partial charge is 0.458 e. The quantitative estimate of drug-likeness (QED) is 0.107. The molecule has 5 nitrogen and oxygen atoms in total. The molecule has 0 N–H and O–H groups in total. The fraction of sp³-hybridized carbons (Fsp3) is 0.290. The molecule has 0 radical (unpaired) electrons. The van der Waals surface area contributed by atoms with Gasteiger partial charge in [-0.2, -0.15) is 0 Å². The Morgan fingerprint density at radius 1 is 0.493 bits per heavy atom. The van der Waals surface area contributed by atoms with Crippen LogP contribution in [0.1, 0.15) is 129 Å². The molecule has 3 aromatic heterocycles. The van der Waals surface area contributed by atoms with E-state index in [1.807, 2.05) is 6.20 Å². The number of nitrogens with zero attached hydrogens (tertiary/aromatic N) is 4. The molecule has 0 aliphatic heterocycles. The lowest BCUT2D eigenvalue weighted by molar-refractivity contribution is -0.599. The normalized spacial score (nSPS) is 12.9. The van der Waals surface area contributed by atoms with Crippen molar-refractivity contribution in [1.29, 1.82) is 0 Å². The standard InChI is InChI=1S/C62H66N4O/c1-58(2,3)44-31-32-63-56(36-44)66-53-30-21-20-29-51(53)57-52(59(4,5)6)38-50(39-54(57)66)67-49-35-46(62(12,13)43-25-18-15-19-26-43)34-48(37-49)65-41-64(40-55(65)60(7,8)9)47-28-22-27-45(33-47)61(10,11)42-23-16-14-17-24-42/h14-40H,1-13H3. The smallest absolute Gasteiger partial charge is 0.269 e. The number of para-hydroxylation sites is 1. The Balaban J connectivity index is 1.24. The monoisotopic (exact) mass is 883 g/mol. The molecular formula is C62H66N4O. The summed E-state index contributed by atoms with van der Waals surface area (Å²) in [5.41, 5.74) is 11.7. The molecule has 3 heterocycles. The van der Waals surface area contributed by atoms with Crippen molar-refractivity contribution in [3.05, 3.63) is 209 Å². The van der Waals surface area contributed by atoms with E-state index in [-0.39, 0.29) is 27.1 Å². The zero-order valence-electron chi connectivity index (χ0n) is 41.8. The first kappa shape index (κ1) is 45.4. The van der Waals surface area contributed by atoms with Crippen LogP contribution in [0.4, 0.5) is 0 Å². The maximum atomic E-state index is 7.27. The van der Waals surface area contributed by atoms with Gasteiger partial charge in [0.1, 0.15) is 17.3 Å². The topological polar surface area (TPSA) is 35.9 Å². The van der Waals surface area contributed by atoms with E-state index in [1.54, 1.807) is 0 Å². The minimum absolute atomic E-state index is 0.0376. The summed E-state index contributed by atoms with van der Waals surface area (Å²) in [5, 5.41) is 2.42. The maximum absolute atomic E-state index is 7.27. The molecule has 9 rings (SSSR count). The zero-order valence-corrected chi connectivity index (χ0v) is 41.8. The molecule has 0 aliphatic carbocycles. The van der Waals surface area contributed by atoms with E-state index < -0.39 is 0 Å². The van der Waals surface area contributed by atoms with Crippen LogP contribution in [-0.4, -0.2) is 14.1 Å². The van der Waals surface area contributed by atoms with Crippen LogP contribution in [-0.2, 0) is 27.1 Å². The molecule has 0 atom stereocenters. The summed E-state index contributed by atoms with van der Waals surface area (Å²) in [5.74, 6) is 2.42. The Kier molecular flexibility index (Phi) is 11.2. The number of fused-ring (bicyclic) bond motifs is 3. The van der Waals surface area contributed by atoms with Crippen molar-refractivity contribution >= 4 is 21.8 Å². The molecule has 0 amide bonds. The van der Waals surface area contributed by atoms with Crippen molar-refractivity contribution in [2.24, 2.45) is 0 Å². The third-order valence-electron chi connectivity index (χ3n) is 13.8. The van der Waals surface area contributed by atoms with Gasteiger partial charge >= 0.3 is 0 Å². The average molecular weight is 883 g/mol. The van der Waals surface area contributed by atoms with Gasteiger partial charge in [0.15, 0.2) is 0 Å². The lowest BCUT2D eigenvalue weighted by Gasteiger charge is -2.28. The number of hydrogen-bond acceptors (Lipinski definition) is 2. The van der Waals surface area contributed by atoms with Crippen LogP contribution < -0.4 is 9.30 Å². The number of aromatic nitrogens is 4. The van der Waals surface area contributed by atoms with E-state index in [4.69, 9.17) is 9.72 Å². The first-order chi connectivity index (χ1) is 31.6. The second-order valence-corrected chi connectivity index (χ2v) is 22.5. The number of rotatable bonds is 9. The highest BCUT2D eigenvalue weighted by Crippen LogP contribution is 2.44. The van der Waals surface area contributed by atoms with Crippen LogP contribution in [0.15, 0.2) is 164 Å². The number of imidazole rings is 1. The number of benzene rings is 6. The minimum Gasteiger partial charge on any atom is -0.458 e. The molecule has 0 fully saturated rings. The van der Waals surface area contributed by atoms with Crippen molar-refractivity contribution in [3.8, 4) is 28.7 Å². The van der Waals surface area contributed by atoms with Gasteiger partial charge in [-0.3, -0.25) is 13.7 Å². The van der Waals surface area contributed by atoms with Gasteiger partial charge < -0.3 is 4.74 Å². The molecule has 5 heteroatoms. The Labute approximate surface area is 398 Å². The Bertz CT molecular complexity index is 3250. The van der Waals surface area contributed by atoms with Gasteiger partial charge in [-0.1, -0.05) is 181 Å². The molecule has 0 aliphatic rings. The van der Waals surface area contributed by atoms with Gasteiger partial charge in [0.05, 0.1) is 28.1 Å². The average Bonchev–Trinajstić information content (AvgIpc) is 3.90.